The van der Waals surface area contributed by atoms with Gasteiger partial charge in [0.05, 0.1) is 0 Å². The first-order valence-corrected chi connectivity index (χ1v) is 16.5. The molecule has 1 aliphatic rings. The number of unbranched alkanes of at least 4 members (excludes halogenated alkanes) is 11. The molecule has 166 valence electrons. The Kier molecular flexibility index (Phi) is 12.7. The fraction of sp³-hybridized carbons (Fsp3) is 0.778. The van der Waals surface area contributed by atoms with Crippen LogP contribution < -0.4 is 5.19 Å². The minimum atomic E-state index is -1.81. The predicted molar refractivity (Wildman–Crippen MR) is 135 cm³/mol. The summed E-state index contributed by atoms with van der Waals surface area (Å²) in [6.45, 7) is 4.67. The SMILES string of the molecule is CCCCCCCCCCCCCCC1CCC([Si](C)(Cl)c2ccccc2)CC1. The quantitative estimate of drug-likeness (QED) is 0.146. The van der Waals surface area contributed by atoms with Gasteiger partial charge >= 0.3 is 0 Å². The van der Waals surface area contributed by atoms with Gasteiger partial charge in [0.2, 0.25) is 0 Å². The van der Waals surface area contributed by atoms with Crippen LogP contribution in [0.1, 0.15) is 116 Å². The van der Waals surface area contributed by atoms with Gasteiger partial charge in [-0.3, -0.25) is 0 Å². The van der Waals surface area contributed by atoms with Gasteiger partial charge in [-0.25, -0.2) is 0 Å². The summed E-state index contributed by atoms with van der Waals surface area (Å²) < 4.78 is 0. The maximum absolute atomic E-state index is 7.16. The summed E-state index contributed by atoms with van der Waals surface area (Å²) in [5.74, 6) is 0.978. The highest BCUT2D eigenvalue weighted by Crippen LogP contribution is 2.42. The van der Waals surface area contributed by atoms with Crippen molar-refractivity contribution in [3.8, 4) is 0 Å². The van der Waals surface area contributed by atoms with E-state index in [0.29, 0.717) is 0 Å². The molecule has 0 aliphatic heterocycles. The van der Waals surface area contributed by atoms with E-state index in [1.807, 2.05) is 0 Å². The summed E-state index contributed by atoms with van der Waals surface area (Å²) >= 11 is 7.16. The van der Waals surface area contributed by atoms with Gasteiger partial charge in [-0.1, -0.05) is 153 Å². The summed E-state index contributed by atoms with van der Waals surface area (Å²) in [7, 11) is -1.81. The Balaban J connectivity index is 1.46. The molecular weight excluding hydrogens is 388 g/mol. The van der Waals surface area contributed by atoms with Crippen molar-refractivity contribution in [3.05, 3.63) is 30.3 Å². The third-order valence-electron chi connectivity index (χ3n) is 7.42. The van der Waals surface area contributed by atoms with Crippen LogP contribution in [0, 0.1) is 5.92 Å². The highest BCUT2D eigenvalue weighted by atomic mass is 35.6. The molecule has 1 unspecified atom stereocenters. The molecule has 1 aliphatic carbocycles. The molecule has 29 heavy (non-hydrogen) atoms. The molecule has 0 spiro atoms. The molecule has 0 nitrogen and oxygen atoms in total. The maximum Gasteiger partial charge on any atom is 0.186 e. The van der Waals surface area contributed by atoms with Crippen molar-refractivity contribution in [2.24, 2.45) is 5.92 Å². The van der Waals surface area contributed by atoms with Crippen LogP contribution in [0.3, 0.4) is 0 Å². The van der Waals surface area contributed by atoms with Crippen molar-refractivity contribution in [1.82, 2.24) is 0 Å². The minimum absolute atomic E-state index is 0.768. The minimum Gasteiger partial charge on any atom is -0.161 e. The molecule has 0 radical (unpaired) electrons. The molecule has 1 saturated carbocycles. The second kappa shape index (κ2) is 14.7. The second-order valence-electron chi connectivity index (χ2n) is 9.84. The molecular formula is C27H47ClSi. The lowest BCUT2D eigenvalue weighted by Gasteiger charge is -2.36. The fourth-order valence-electron chi connectivity index (χ4n) is 5.27. The summed E-state index contributed by atoms with van der Waals surface area (Å²) in [5.41, 5.74) is 0.768. The highest BCUT2D eigenvalue weighted by Gasteiger charge is 2.38. The monoisotopic (exact) mass is 434 g/mol. The standard InChI is InChI=1S/C27H47ClSi/c1-3-4-5-6-7-8-9-10-11-12-13-15-18-25-21-23-27(24-22-25)29(2,28)26-19-16-14-17-20-26/h14,16-17,19-20,25,27H,3-13,15,18,21-24H2,1-2H3. The van der Waals surface area contributed by atoms with Crippen LogP contribution in [0.25, 0.3) is 0 Å². The van der Waals surface area contributed by atoms with Crippen LogP contribution in [0.15, 0.2) is 30.3 Å². The van der Waals surface area contributed by atoms with E-state index < -0.39 is 7.38 Å². The summed E-state index contributed by atoms with van der Waals surface area (Å²) in [6.07, 6.45) is 24.5. The average molecular weight is 435 g/mol. The van der Waals surface area contributed by atoms with Gasteiger partial charge in [0, 0.05) is 0 Å². The van der Waals surface area contributed by atoms with Crippen molar-refractivity contribution < 1.29 is 0 Å². The molecule has 1 aromatic carbocycles. The number of benzene rings is 1. The van der Waals surface area contributed by atoms with Gasteiger partial charge in [-0.2, -0.15) is 11.1 Å². The zero-order chi connectivity index (χ0) is 20.8. The molecule has 0 saturated heterocycles. The van der Waals surface area contributed by atoms with Gasteiger partial charge in [0.1, 0.15) is 0 Å². The number of rotatable bonds is 15. The second-order valence-corrected chi connectivity index (χ2v) is 15.7. The first-order chi connectivity index (χ1) is 14.1. The Morgan fingerprint density at radius 2 is 1.21 bits per heavy atom. The van der Waals surface area contributed by atoms with E-state index in [0.717, 1.165) is 11.5 Å². The fourth-order valence-corrected chi connectivity index (χ4v) is 9.03. The lowest BCUT2D eigenvalue weighted by molar-refractivity contribution is 0.325. The van der Waals surface area contributed by atoms with Crippen LogP contribution >= 0.6 is 11.1 Å². The normalized spacial score (nSPS) is 21.8. The first-order valence-electron chi connectivity index (χ1n) is 12.9. The summed E-state index contributed by atoms with van der Waals surface area (Å²) in [5, 5.41) is 1.44. The Morgan fingerprint density at radius 1 is 0.724 bits per heavy atom. The number of hydrogen-bond acceptors (Lipinski definition) is 0. The molecule has 0 N–H and O–H groups in total. The Bertz CT molecular complexity index is 505. The molecule has 0 bridgehead atoms. The molecule has 2 rings (SSSR count). The summed E-state index contributed by atoms with van der Waals surface area (Å²) in [4.78, 5) is 0. The van der Waals surface area contributed by atoms with E-state index in [-0.39, 0.29) is 0 Å². The van der Waals surface area contributed by atoms with E-state index >= 15 is 0 Å². The molecule has 1 aromatic rings. The molecule has 0 aromatic heterocycles. The Labute approximate surface area is 187 Å². The largest absolute Gasteiger partial charge is 0.186 e. The maximum atomic E-state index is 7.16. The van der Waals surface area contributed by atoms with E-state index in [9.17, 15) is 0 Å². The topological polar surface area (TPSA) is 0 Å². The molecule has 0 amide bonds. The van der Waals surface area contributed by atoms with Crippen LogP contribution in [-0.4, -0.2) is 7.38 Å². The third-order valence-corrected chi connectivity index (χ3v) is 12.6. The van der Waals surface area contributed by atoms with Gasteiger partial charge in [-0.15, -0.1) is 0 Å². The first kappa shape index (κ1) is 25.0. The third kappa shape index (κ3) is 9.60. The Morgan fingerprint density at radius 3 is 1.72 bits per heavy atom. The van der Waals surface area contributed by atoms with Crippen LogP contribution in [-0.2, 0) is 0 Å². The Hall–Kier alpha value is -0.273. The zero-order valence-electron chi connectivity index (χ0n) is 19.4. The zero-order valence-corrected chi connectivity index (χ0v) is 21.2. The number of halogens is 1. The van der Waals surface area contributed by atoms with Gasteiger partial charge in [-0.05, 0) is 16.6 Å². The van der Waals surface area contributed by atoms with Crippen LogP contribution in [0.5, 0.6) is 0 Å². The van der Waals surface area contributed by atoms with Crippen LogP contribution in [0.4, 0.5) is 0 Å². The van der Waals surface area contributed by atoms with Crippen molar-refractivity contribution >= 4 is 23.6 Å². The van der Waals surface area contributed by atoms with Gasteiger partial charge in [0.15, 0.2) is 7.38 Å². The lowest BCUT2D eigenvalue weighted by atomic mass is 9.85. The molecule has 2 heteroatoms. The van der Waals surface area contributed by atoms with E-state index in [1.165, 1.54) is 114 Å². The lowest BCUT2D eigenvalue weighted by Crippen LogP contribution is -2.44. The molecule has 1 atom stereocenters. The van der Waals surface area contributed by atoms with Crippen molar-refractivity contribution in [1.29, 1.82) is 0 Å². The van der Waals surface area contributed by atoms with Crippen molar-refractivity contribution in [3.63, 3.8) is 0 Å². The predicted octanol–water partition coefficient (Wildman–Crippen LogP) is 9.36. The van der Waals surface area contributed by atoms with E-state index in [4.69, 9.17) is 11.1 Å². The highest BCUT2D eigenvalue weighted by molar-refractivity contribution is 7.27. The number of hydrogen-bond donors (Lipinski definition) is 0. The van der Waals surface area contributed by atoms with Gasteiger partial charge < -0.3 is 0 Å². The van der Waals surface area contributed by atoms with E-state index in [2.05, 4.69) is 43.8 Å². The molecule has 0 heterocycles. The molecule has 1 fully saturated rings. The smallest absolute Gasteiger partial charge is 0.161 e. The average Bonchev–Trinajstić information content (AvgIpc) is 2.75. The summed E-state index contributed by atoms with van der Waals surface area (Å²) in [6, 6.07) is 10.9. The van der Waals surface area contributed by atoms with Crippen molar-refractivity contribution in [2.45, 2.75) is 128 Å². The van der Waals surface area contributed by atoms with E-state index in [1.54, 1.807) is 0 Å². The van der Waals surface area contributed by atoms with Crippen molar-refractivity contribution in [2.75, 3.05) is 0 Å². The van der Waals surface area contributed by atoms with Crippen LogP contribution in [0.2, 0.25) is 12.1 Å². The van der Waals surface area contributed by atoms with Gasteiger partial charge in [0.25, 0.3) is 0 Å².